The van der Waals surface area contributed by atoms with Crippen LogP contribution in [-0.2, 0) is 21.2 Å². The first-order valence-electron chi connectivity index (χ1n) is 8.44. The topological polar surface area (TPSA) is 66.5 Å². The molecule has 0 radical (unpaired) electrons. The first kappa shape index (κ1) is 16.1. The molecule has 25 heavy (non-hydrogen) atoms. The van der Waals surface area contributed by atoms with Crippen LogP contribution in [0.4, 0.5) is 11.4 Å². The van der Waals surface area contributed by atoms with Crippen LogP contribution in [0.3, 0.4) is 0 Å². The molecule has 2 aliphatic rings. The summed E-state index contributed by atoms with van der Waals surface area (Å²) in [5.74, 6) is -0.224. The maximum atomic E-state index is 12.8. The van der Waals surface area contributed by atoms with Crippen LogP contribution in [0.2, 0.25) is 0 Å². The number of carbonyl (C=O) groups excluding carboxylic acids is 1. The number of anilines is 2. The van der Waals surface area contributed by atoms with E-state index in [1.54, 1.807) is 24.3 Å². The van der Waals surface area contributed by atoms with E-state index in [4.69, 9.17) is 0 Å². The predicted molar refractivity (Wildman–Crippen MR) is 97.5 cm³/mol. The maximum absolute atomic E-state index is 12.8. The molecule has 0 saturated heterocycles. The second-order valence-electron chi connectivity index (χ2n) is 6.81. The van der Waals surface area contributed by atoms with Gasteiger partial charge >= 0.3 is 0 Å². The van der Waals surface area contributed by atoms with Crippen LogP contribution in [0.1, 0.15) is 36.0 Å². The van der Waals surface area contributed by atoms with Gasteiger partial charge in [-0.2, -0.15) is 0 Å². The zero-order chi connectivity index (χ0) is 17.8. The van der Waals surface area contributed by atoms with E-state index in [9.17, 15) is 13.2 Å². The van der Waals surface area contributed by atoms with Gasteiger partial charge in [0, 0.05) is 12.2 Å². The number of nitrogens with zero attached hydrogens (tertiary/aromatic N) is 1. The predicted octanol–water partition coefficient (Wildman–Crippen LogP) is 3.19. The van der Waals surface area contributed by atoms with Crippen molar-refractivity contribution >= 4 is 27.3 Å². The largest absolute Gasteiger partial charge is 0.311 e. The number of hydrogen-bond donors (Lipinski definition) is 1. The van der Waals surface area contributed by atoms with E-state index in [2.05, 4.69) is 4.72 Å². The van der Waals surface area contributed by atoms with Crippen molar-refractivity contribution in [2.24, 2.45) is 0 Å². The number of rotatable bonds is 3. The third-order valence-corrected chi connectivity index (χ3v) is 6.37. The molecule has 1 atom stereocenters. The van der Waals surface area contributed by atoms with E-state index in [1.807, 2.05) is 30.9 Å². The summed E-state index contributed by atoms with van der Waals surface area (Å²) in [7, 11) is -3.69. The smallest absolute Gasteiger partial charge is 0.261 e. The van der Waals surface area contributed by atoms with Gasteiger partial charge in [-0.1, -0.05) is 17.7 Å². The van der Waals surface area contributed by atoms with Gasteiger partial charge in [-0.25, -0.2) is 8.42 Å². The molecule has 0 spiro atoms. The number of carbonyl (C=O) groups is 1. The molecule has 0 bridgehead atoms. The second-order valence-corrected chi connectivity index (χ2v) is 8.49. The lowest BCUT2D eigenvalue weighted by Crippen LogP contribution is -2.32. The summed E-state index contributed by atoms with van der Waals surface area (Å²) in [4.78, 5) is 14.5. The monoisotopic (exact) mass is 356 g/mol. The molecular weight excluding hydrogens is 336 g/mol. The highest BCUT2D eigenvalue weighted by atomic mass is 32.2. The Bertz CT molecular complexity index is 965. The highest BCUT2D eigenvalue weighted by Crippen LogP contribution is 2.44. The Labute approximate surface area is 147 Å². The summed E-state index contributed by atoms with van der Waals surface area (Å²) < 4.78 is 28.3. The van der Waals surface area contributed by atoms with Crippen molar-refractivity contribution in [1.29, 1.82) is 0 Å². The van der Waals surface area contributed by atoms with Gasteiger partial charge in [-0.3, -0.25) is 9.52 Å². The molecule has 0 aromatic heterocycles. The van der Waals surface area contributed by atoms with E-state index in [1.165, 1.54) is 0 Å². The molecule has 2 aromatic rings. The summed E-state index contributed by atoms with van der Waals surface area (Å²) in [5.41, 5.74) is 4.30. The second kappa shape index (κ2) is 5.59. The van der Waals surface area contributed by atoms with Crippen LogP contribution < -0.4 is 9.62 Å². The quantitative estimate of drug-likeness (QED) is 0.918. The molecule has 5 nitrogen and oxygen atoms in total. The Morgan fingerprint density at radius 1 is 1.16 bits per heavy atom. The zero-order valence-electron chi connectivity index (χ0n) is 14.2. The lowest BCUT2D eigenvalue weighted by Gasteiger charge is -2.26. The maximum Gasteiger partial charge on any atom is 0.261 e. The Kier molecular flexibility index (Phi) is 3.61. The molecule has 2 aromatic carbocycles. The highest BCUT2D eigenvalue weighted by molar-refractivity contribution is 7.92. The van der Waals surface area contributed by atoms with Gasteiger partial charge < -0.3 is 4.90 Å². The molecule has 4 rings (SSSR count). The minimum Gasteiger partial charge on any atom is -0.311 e. The van der Waals surface area contributed by atoms with Crippen LogP contribution in [0.15, 0.2) is 41.3 Å². The van der Waals surface area contributed by atoms with Crippen molar-refractivity contribution in [1.82, 2.24) is 0 Å². The van der Waals surface area contributed by atoms with Crippen molar-refractivity contribution < 1.29 is 13.2 Å². The van der Waals surface area contributed by atoms with Crippen LogP contribution >= 0.6 is 0 Å². The molecule has 130 valence electrons. The highest BCUT2D eigenvalue weighted by Gasteiger charge is 2.38. The van der Waals surface area contributed by atoms with E-state index in [0.29, 0.717) is 5.69 Å². The fourth-order valence-electron chi connectivity index (χ4n) is 3.66. The third kappa shape index (κ3) is 2.61. The lowest BCUT2D eigenvalue weighted by molar-refractivity contribution is -0.119. The van der Waals surface area contributed by atoms with Crippen molar-refractivity contribution in [3.8, 4) is 0 Å². The molecule has 1 amide bonds. The SMILES string of the molecule is Cc1ccc(NS(=O)(=O)c2cc3c4c(c2)[C@H](C)C(=O)N4CCC3)cc1. The molecule has 0 saturated carbocycles. The first-order valence-corrected chi connectivity index (χ1v) is 9.93. The minimum absolute atomic E-state index is 0.0667. The van der Waals surface area contributed by atoms with Crippen molar-refractivity contribution in [3.63, 3.8) is 0 Å². The number of nitrogens with one attached hydrogen (secondary N) is 1. The van der Waals surface area contributed by atoms with Crippen molar-refractivity contribution in [2.45, 2.75) is 37.5 Å². The van der Waals surface area contributed by atoms with Crippen LogP contribution in [-0.4, -0.2) is 20.9 Å². The normalized spacial score (nSPS) is 19.0. The van der Waals surface area contributed by atoms with E-state index in [0.717, 1.165) is 41.8 Å². The van der Waals surface area contributed by atoms with Crippen LogP contribution in [0.25, 0.3) is 0 Å². The average molecular weight is 356 g/mol. The number of aryl methyl sites for hydroxylation is 2. The number of amides is 1. The Hall–Kier alpha value is -2.34. The van der Waals surface area contributed by atoms with Gasteiger partial charge in [-0.15, -0.1) is 0 Å². The molecular formula is C19H20N2O3S. The number of hydrogen-bond acceptors (Lipinski definition) is 3. The van der Waals surface area contributed by atoms with Crippen molar-refractivity contribution in [2.75, 3.05) is 16.2 Å². The van der Waals surface area contributed by atoms with Gasteiger partial charge in [0.05, 0.1) is 16.5 Å². The summed E-state index contributed by atoms with van der Waals surface area (Å²) in [6.07, 6.45) is 1.66. The van der Waals surface area contributed by atoms with Crippen LogP contribution in [0.5, 0.6) is 0 Å². The summed E-state index contributed by atoms with van der Waals surface area (Å²) >= 11 is 0. The van der Waals surface area contributed by atoms with Crippen LogP contribution in [0, 0.1) is 6.92 Å². The minimum atomic E-state index is -3.69. The Balaban J connectivity index is 1.76. The molecule has 0 fully saturated rings. The van der Waals surface area contributed by atoms with Crippen molar-refractivity contribution in [3.05, 3.63) is 53.1 Å². The summed E-state index contributed by atoms with van der Waals surface area (Å²) in [6.45, 7) is 4.52. The zero-order valence-corrected chi connectivity index (χ0v) is 15.1. The molecule has 0 aliphatic carbocycles. The fourth-order valence-corrected chi connectivity index (χ4v) is 4.80. The molecule has 6 heteroatoms. The molecule has 0 unspecified atom stereocenters. The van der Waals surface area contributed by atoms with E-state index < -0.39 is 10.0 Å². The van der Waals surface area contributed by atoms with Gasteiger partial charge in [0.15, 0.2) is 0 Å². The molecule has 2 heterocycles. The molecule has 1 N–H and O–H groups in total. The van der Waals surface area contributed by atoms with Gasteiger partial charge in [0.1, 0.15) is 0 Å². The van der Waals surface area contributed by atoms with Gasteiger partial charge in [0.2, 0.25) is 5.91 Å². The van der Waals surface area contributed by atoms with Gasteiger partial charge in [-0.05, 0) is 62.1 Å². The standard InChI is InChI=1S/C19H20N2O3S/c1-12-5-7-15(8-6-12)20-25(23,24)16-10-14-4-3-9-21-18(14)17(11-16)13(2)19(21)22/h5-8,10-11,13,20H,3-4,9H2,1-2H3/t13-/m0/s1. The van der Waals surface area contributed by atoms with E-state index in [-0.39, 0.29) is 16.7 Å². The average Bonchev–Trinajstić information content (AvgIpc) is 2.84. The summed E-state index contributed by atoms with van der Waals surface area (Å²) in [5, 5.41) is 0. The molecule has 2 aliphatic heterocycles. The Morgan fingerprint density at radius 3 is 2.60 bits per heavy atom. The summed E-state index contributed by atoms with van der Waals surface area (Å²) in [6, 6.07) is 10.6. The third-order valence-electron chi connectivity index (χ3n) is 5.01. The first-order chi connectivity index (χ1) is 11.9. The fraction of sp³-hybridized carbons (Fsp3) is 0.316. The number of benzene rings is 2. The van der Waals surface area contributed by atoms with E-state index >= 15 is 0 Å². The Morgan fingerprint density at radius 2 is 1.88 bits per heavy atom. The van der Waals surface area contributed by atoms with Gasteiger partial charge in [0.25, 0.3) is 10.0 Å². The number of sulfonamides is 1. The lowest BCUT2D eigenvalue weighted by atomic mass is 9.97.